The van der Waals surface area contributed by atoms with Crippen LogP contribution in [0.5, 0.6) is 0 Å². The number of anilines is 1. The number of aromatic nitrogens is 2. The number of carbonyl (C=O) groups is 1. The van der Waals surface area contributed by atoms with Crippen molar-refractivity contribution in [1.82, 2.24) is 14.9 Å². The van der Waals surface area contributed by atoms with Crippen LogP contribution in [0.15, 0.2) is 30.5 Å². The minimum Gasteiger partial charge on any atom is -0.480 e. The number of alkyl halides is 1. The molecule has 0 bridgehead atoms. The van der Waals surface area contributed by atoms with Crippen molar-refractivity contribution in [2.75, 3.05) is 25.0 Å². The summed E-state index contributed by atoms with van der Waals surface area (Å²) in [6.45, 7) is 2.10. The third kappa shape index (κ3) is 5.24. The lowest BCUT2D eigenvalue weighted by atomic mass is 9.97. The van der Waals surface area contributed by atoms with E-state index < -0.39 is 18.2 Å². The molecule has 7 heteroatoms. The Bertz CT molecular complexity index is 1010. The molecule has 2 aliphatic heterocycles. The van der Waals surface area contributed by atoms with E-state index in [1.807, 2.05) is 17.0 Å². The number of hydrogen-bond acceptors (Lipinski definition) is 5. The van der Waals surface area contributed by atoms with Gasteiger partial charge in [-0.2, -0.15) is 0 Å². The average Bonchev–Trinajstić information content (AvgIpc) is 3.59. The van der Waals surface area contributed by atoms with Crippen molar-refractivity contribution in [3.63, 3.8) is 0 Å². The zero-order valence-electron chi connectivity index (χ0n) is 19.8. The third-order valence-corrected chi connectivity index (χ3v) is 7.61. The smallest absolute Gasteiger partial charge is 0.325 e. The number of nitrogens with zero attached hydrogens (tertiary/aromatic N) is 3. The van der Waals surface area contributed by atoms with E-state index in [0.717, 1.165) is 74.3 Å². The Morgan fingerprint density at radius 1 is 1.24 bits per heavy atom. The summed E-state index contributed by atoms with van der Waals surface area (Å²) in [6.07, 6.45) is 9.08. The van der Waals surface area contributed by atoms with E-state index in [1.54, 1.807) is 6.20 Å². The van der Waals surface area contributed by atoms with Crippen LogP contribution in [0.4, 0.5) is 10.2 Å². The molecule has 1 unspecified atom stereocenters. The highest BCUT2D eigenvalue weighted by atomic mass is 19.1. The Morgan fingerprint density at radius 2 is 2.12 bits per heavy atom. The predicted octanol–water partition coefficient (Wildman–Crippen LogP) is 4.91. The Balaban J connectivity index is 1.12. The molecule has 2 aromatic heterocycles. The number of unbranched alkanes of at least 4 members (excludes halogenated alkanes) is 1. The van der Waals surface area contributed by atoms with Crippen LogP contribution in [0.25, 0.3) is 0 Å². The summed E-state index contributed by atoms with van der Waals surface area (Å²) < 4.78 is 15.1. The number of fused-ring (bicyclic) bond motifs is 1. The van der Waals surface area contributed by atoms with Gasteiger partial charge in [-0.1, -0.05) is 18.6 Å². The van der Waals surface area contributed by atoms with Gasteiger partial charge < -0.3 is 10.4 Å². The van der Waals surface area contributed by atoms with Gasteiger partial charge in [0.15, 0.2) is 0 Å². The molecule has 34 heavy (non-hydrogen) atoms. The first kappa shape index (κ1) is 23.2. The van der Waals surface area contributed by atoms with E-state index in [4.69, 9.17) is 4.98 Å². The SMILES string of the molecule is O=C(O)[C@H](c1cccnc1C1CC1)N1CC[C@@H](C(F)CCCCc2ccc3c(n2)NCCC3)C1. The lowest BCUT2D eigenvalue weighted by Gasteiger charge is -2.26. The molecular formula is C27H35FN4O2. The second kappa shape index (κ2) is 10.4. The van der Waals surface area contributed by atoms with Crippen LogP contribution in [0.3, 0.4) is 0 Å². The molecule has 2 fully saturated rings. The number of hydrogen-bond donors (Lipinski definition) is 2. The molecule has 5 rings (SSSR count). The second-order valence-electron chi connectivity index (χ2n) is 10.1. The molecule has 2 N–H and O–H groups in total. The molecule has 0 aromatic carbocycles. The predicted molar refractivity (Wildman–Crippen MR) is 130 cm³/mol. The van der Waals surface area contributed by atoms with Gasteiger partial charge in [-0.05, 0) is 75.6 Å². The van der Waals surface area contributed by atoms with Crippen molar-refractivity contribution in [2.24, 2.45) is 5.92 Å². The minimum absolute atomic E-state index is 0.103. The van der Waals surface area contributed by atoms with E-state index in [9.17, 15) is 9.90 Å². The van der Waals surface area contributed by atoms with Crippen LogP contribution in [0, 0.1) is 5.92 Å². The summed E-state index contributed by atoms with van der Waals surface area (Å²) in [4.78, 5) is 23.4. The molecule has 0 amide bonds. The lowest BCUT2D eigenvalue weighted by Crippen LogP contribution is -2.34. The fourth-order valence-corrected chi connectivity index (χ4v) is 5.58. The van der Waals surface area contributed by atoms with Gasteiger partial charge in [0, 0.05) is 48.1 Å². The molecular weight excluding hydrogens is 431 g/mol. The van der Waals surface area contributed by atoms with Gasteiger partial charge in [-0.15, -0.1) is 0 Å². The van der Waals surface area contributed by atoms with Crippen LogP contribution >= 0.6 is 0 Å². The average molecular weight is 467 g/mol. The highest BCUT2D eigenvalue weighted by molar-refractivity contribution is 5.76. The number of rotatable bonds is 10. The molecule has 2 aromatic rings. The molecule has 0 spiro atoms. The quantitative estimate of drug-likeness (QED) is 0.485. The van der Waals surface area contributed by atoms with Crippen LogP contribution in [0.1, 0.15) is 79.4 Å². The third-order valence-electron chi connectivity index (χ3n) is 7.61. The monoisotopic (exact) mass is 466 g/mol. The Hall–Kier alpha value is -2.54. The molecule has 1 aliphatic carbocycles. The van der Waals surface area contributed by atoms with Crippen LogP contribution in [0.2, 0.25) is 0 Å². The van der Waals surface area contributed by atoms with Crippen molar-refractivity contribution in [3.8, 4) is 0 Å². The molecule has 3 atom stereocenters. The van der Waals surface area contributed by atoms with Crippen molar-refractivity contribution in [2.45, 2.75) is 75.9 Å². The first-order chi connectivity index (χ1) is 16.6. The summed E-state index contributed by atoms with van der Waals surface area (Å²) in [5.41, 5.74) is 4.07. The van der Waals surface area contributed by atoms with Crippen LogP contribution < -0.4 is 5.32 Å². The summed E-state index contributed by atoms with van der Waals surface area (Å²) in [6, 6.07) is 7.25. The standard InChI is InChI=1S/C27H35FN4O2/c28-23(8-2-1-6-21-12-11-19-5-3-15-30-26(19)31-21)20-13-16-32(17-20)25(27(33)34)22-7-4-14-29-24(22)18-9-10-18/h4,7,11-12,14,18,20,23,25H,1-3,5-6,8-10,13,15-17H2,(H,30,31)(H,33,34)/t20-,23?,25+/m1/s1. The van der Waals surface area contributed by atoms with Gasteiger partial charge in [0.25, 0.3) is 0 Å². The number of nitrogens with one attached hydrogen (secondary N) is 1. The van der Waals surface area contributed by atoms with E-state index in [0.29, 0.717) is 31.8 Å². The fraction of sp³-hybridized carbons (Fsp3) is 0.593. The highest BCUT2D eigenvalue weighted by Crippen LogP contribution is 2.43. The van der Waals surface area contributed by atoms with Crippen molar-refractivity contribution < 1.29 is 14.3 Å². The minimum atomic E-state index is -0.894. The molecule has 1 saturated carbocycles. The van der Waals surface area contributed by atoms with Gasteiger partial charge in [0.1, 0.15) is 18.0 Å². The Labute approximate surface area is 201 Å². The van der Waals surface area contributed by atoms with E-state index in [2.05, 4.69) is 22.4 Å². The number of carboxylic acid groups (broad SMARTS) is 1. The molecule has 182 valence electrons. The number of aliphatic carboxylic acids is 1. The largest absolute Gasteiger partial charge is 0.480 e. The summed E-state index contributed by atoms with van der Waals surface area (Å²) in [7, 11) is 0. The summed E-state index contributed by atoms with van der Waals surface area (Å²) >= 11 is 0. The number of aryl methyl sites for hydroxylation is 2. The Kier molecular flexibility index (Phi) is 7.09. The number of carboxylic acids is 1. The van der Waals surface area contributed by atoms with Gasteiger partial charge in [-0.25, -0.2) is 9.37 Å². The van der Waals surface area contributed by atoms with Gasteiger partial charge in [0.05, 0.1) is 0 Å². The zero-order valence-corrected chi connectivity index (χ0v) is 19.8. The summed E-state index contributed by atoms with van der Waals surface area (Å²) in [5, 5.41) is 13.4. The van der Waals surface area contributed by atoms with Crippen LogP contribution in [-0.2, 0) is 17.6 Å². The fourth-order valence-electron chi connectivity index (χ4n) is 5.58. The molecule has 6 nitrogen and oxygen atoms in total. The summed E-state index contributed by atoms with van der Waals surface area (Å²) in [5.74, 6) is 0.433. The maximum atomic E-state index is 15.1. The van der Waals surface area contributed by atoms with Crippen molar-refractivity contribution in [3.05, 3.63) is 53.0 Å². The maximum absolute atomic E-state index is 15.1. The van der Waals surface area contributed by atoms with E-state index in [-0.39, 0.29) is 5.92 Å². The van der Waals surface area contributed by atoms with Gasteiger partial charge in [-0.3, -0.25) is 14.7 Å². The number of likely N-dealkylation sites (tertiary alicyclic amines) is 1. The van der Waals surface area contributed by atoms with E-state index >= 15 is 4.39 Å². The van der Waals surface area contributed by atoms with Crippen LogP contribution in [-0.4, -0.2) is 51.7 Å². The first-order valence-corrected chi connectivity index (χ1v) is 12.9. The normalized spacial score (nSPS) is 22.1. The molecule has 3 aliphatic rings. The second-order valence-corrected chi connectivity index (χ2v) is 10.1. The van der Waals surface area contributed by atoms with E-state index in [1.165, 1.54) is 5.56 Å². The number of pyridine rings is 2. The Morgan fingerprint density at radius 3 is 2.94 bits per heavy atom. The first-order valence-electron chi connectivity index (χ1n) is 12.9. The molecule has 4 heterocycles. The highest BCUT2D eigenvalue weighted by Gasteiger charge is 2.39. The van der Waals surface area contributed by atoms with Gasteiger partial charge in [0.2, 0.25) is 0 Å². The lowest BCUT2D eigenvalue weighted by molar-refractivity contribution is -0.143. The van der Waals surface area contributed by atoms with Gasteiger partial charge >= 0.3 is 5.97 Å². The zero-order chi connectivity index (χ0) is 23.5. The topological polar surface area (TPSA) is 78.3 Å². The maximum Gasteiger partial charge on any atom is 0.325 e. The molecule has 1 saturated heterocycles. The van der Waals surface area contributed by atoms with Crippen molar-refractivity contribution in [1.29, 1.82) is 0 Å². The number of halogens is 1. The molecule has 0 radical (unpaired) electrons. The van der Waals surface area contributed by atoms with Crippen molar-refractivity contribution >= 4 is 11.8 Å².